The number of hydrogen-bond acceptors (Lipinski definition) is 4. The molecule has 0 spiro atoms. The zero-order valence-electron chi connectivity index (χ0n) is 10.7. The van der Waals surface area contributed by atoms with E-state index in [1.807, 2.05) is 0 Å². The lowest BCUT2D eigenvalue weighted by molar-refractivity contribution is 0.0391. The average Bonchev–Trinajstić information content (AvgIpc) is 2.85. The summed E-state index contributed by atoms with van der Waals surface area (Å²) >= 11 is 1.74. The summed E-state index contributed by atoms with van der Waals surface area (Å²) in [6.45, 7) is 3.14. The van der Waals surface area contributed by atoms with E-state index in [4.69, 9.17) is 9.84 Å². The van der Waals surface area contributed by atoms with Gasteiger partial charge in [-0.1, -0.05) is 11.8 Å². The van der Waals surface area contributed by atoms with E-state index in [0.717, 1.165) is 38.0 Å². The maximum Gasteiger partial charge on any atom is 0.104 e. The molecule has 2 rings (SSSR count). The van der Waals surface area contributed by atoms with Crippen LogP contribution < -0.4 is 0 Å². The largest absolute Gasteiger partial charge is 0.384 e. The number of piperidine rings is 1. The van der Waals surface area contributed by atoms with Crippen molar-refractivity contribution in [3.63, 3.8) is 0 Å². The van der Waals surface area contributed by atoms with Crippen LogP contribution >= 0.6 is 11.3 Å². The molecule has 0 radical (unpaired) electrons. The second-order valence-electron chi connectivity index (χ2n) is 4.47. The Morgan fingerprint density at radius 3 is 2.94 bits per heavy atom. The Kier molecular flexibility index (Phi) is 5.21. The second kappa shape index (κ2) is 6.91. The van der Waals surface area contributed by atoms with Gasteiger partial charge in [-0.3, -0.25) is 4.90 Å². The molecular weight excluding hydrogens is 246 g/mol. The summed E-state index contributed by atoms with van der Waals surface area (Å²) in [6.07, 6.45) is 2.69. The maximum absolute atomic E-state index is 8.65. The predicted molar refractivity (Wildman–Crippen MR) is 73.6 cm³/mol. The van der Waals surface area contributed by atoms with E-state index < -0.39 is 0 Å². The van der Waals surface area contributed by atoms with Crippen molar-refractivity contribution in [2.24, 2.45) is 0 Å². The maximum atomic E-state index is 8.65. The topological polar surface area (TPSA) is 32.7 Å². The van der Waals surface area contributed by atoms with E-state index in [2.05, 4.69) is 28.2 Å². The molecule has 1 saturated heterocycles. The summed E-state index contributed by atoms with van der Waals surface area (Å²) in [5, 5.41) is 10.7. The van der Waals surface area contributed by atoms with Crippen LogP contribution in [0.25, 0.3) is 0 Å². The van der Waals surface area contributed by atoms with Crippen LogP contribution in [0.1, 0.15) is 23.3 Å². The molecule has 18 heavy (non-hydrogen) atoms. The molecule has 0 aliphatic carbocycles. The Labute approximate surface area is 112 Å². The zero-order chi connectivity index (χ0) is 12.8. The quantitative estimate of drug-likeness (QED) is 0.844. The Hall–Kier alpha value is -0.860. The van der Waals surface area contributed by atoms with Gasteiger partial charge < -0.3 is 9.84 Å². The summed E-state index contributed by atoms with van der Waals surface area (Å²) < 4.78 is 5.37. The molecule has 0 saturated carbocycles. The minimum absolute atomic E-state index is 0.0737. The molecule has 0 atom stereocenters. The third-order valence-electron chi connectivity index (χ3n) is 3.21. The number of hydrogen-bond donors (Lipinski definition) is 1. The van der Waals surface area contributed by atoms with Gasteiger partial charge in [-0.25, -0.2) is 0 Å². The highest BCUT2D eigenvalue weighted by atomic mass is 32.1. The zero-order valence-corrected chi connectivity index (χ0v) is 11.5. The van der Waals surface area contributed by atoms with Crippen LogP contribution in [-0.2, 0) is 11.3 Å². The summed E-state index contributed by atoms with van der Waals surface area (Å²) in [5.41, 5.74) is 1.01. The molecule has 0 amide bonds. The summed E-state index contributed by atoms with van der Waals surface area (Å²) in [4.78, 5) is 3.80. The molecular formula is C14H19NO2S. The van der Waals surface area contributed by atoms with Crippen LogP contribution in [0, 0.1) is 11.8 Å². The van der Waals surface area contributed by atoms with Crippen LogP contribution in [0.15, 0.2) is 11.4 Å². The van der Waals surface area contributed by atoms with Crippen molar-refractivity contribution in [1.82, 2.24) is 4.90 Å². The molecule has 3 nitrogen and oxygen atoms in total. The van der Waals surface area contributed by atoms with Crippen LogP contribution in [-0.4, -0.2) is 42.9 Å². The van der Waals surface area contributed by atoms with Crippen molar-refractivity contribution in [2.75, 3.05) is 26.8 Å². The van der Waals surface area contributed by atoms with Crippen molar-refractivity contribution >= 4 is 11.3 Å². The van der Waals surface area contributed by atoms with Crippen LogP contribution in [0.4, 0.5) is 0 Å². The van der Waals surface area contributed by atoms with E-state index in [0.29, 0.717) is 6.10 Å². The molecule has 0 unspecified atom stereocenters. The number of aliphatic hydroxyl groups is 1. The van der Waals surface area contributed by atoms with Crippen LogP contribution in [0.5, 0.6) is 0 Å². The molecule has 2 heterocycles. The van der Waals surface area contributed by atoms with Gasteiger partial charge in [-0.05, 0) is 18.9 Å². The Bertz CT molecular complexity index is 424. The van der Waals surface area contributed by atoms with Crippen molar-refractivity contribution in [1.29, 1.82) is 0 Å². The van der Waals surface area contributed by atoms with Gasteiger partial charge >= 0.3 is 0 Å². The Morgan fingerprint density at radius 2 is 2.28 bits per heavy atom. The molecule has 1 aromatic heterocycles. The number of thiophene rings is 1. The molecule has 1 N–H and O–H groups in total. The fourth-order valence-corrected chi connectivity index (χ4v) is 3.05. The highest BCUT2D eigenvalue weighted by Gasteiger charge is 2.18. The summed E-state index contributed by atoms with van der Waals surface area (Å²) in [7, 11) is 1.80. The third kappa shape index (κ3) is 3.82. The monoisotopic (exact) mass is 265 g/mol. The first kappa shape index (κ1) is 13.6. The van der Waals surface area contributed by atoms with E-state index in [1.54, 1.807) is 18.4 Å². The van der Waals surface area contributed by atoms with Crippen molar-refractivity contribution < 1.29 is 9.84 Å². The first-order valence-corrected chi connectivity index (χ1v) is 7.12. The van der Waals surface area contributed by atoms with Crippen molar-refractivity contribution in [3.05, 3.63) is 21.9 Å². The predicted octanol–water partition coefficient (Wildman–Crippen LogP) is 1.70. The molecule has 1 aliphatic rings. The second-order valence-corrected chi connectivity index (χ2v) is 5.47. The molecule has 1 fully saturated rings. The highest BCUT2D eigenvalue weighted by molar-refractivity contribution is 7.10. The third-order valence-corrected chi connectivity index (χ3v) is 4.13. The van der Waals surface area contributed by atoms with Gasteiger partial charge in [0.25, 0.3) is 0 Å². The fourth-order valence-electron chi connectivity index (χ4n) is 2.19. The van der Waals surface area contributed by atoms with E-state index >= 15 is 0 Å². The van der Waals surface area contributed by atoms with Crippen molar-refractivity contribution in [2.45, 2.75) is 25.5 Å². The number of methoxy groups -OCH3 is 1. The minimum Gasteiger partial charge on any atom is -0.384 e. The van der Waals surface area contributed by atoms with E-state index in [1.165, 1.54) is 4.88 Å². The van der Waals surface area contributed by atoms with Gasteiger partial charge in [0.2, 0.25) is 0 Å². The Balaban J connectivity index is 1.85. The van der Waals surface area contributed by atoms with Gasteiger partial charge in [-0.15, -0.1) is 11.3 Å². The minimum atomic E-state index is -0.0737. The summed E-state index contributed by atoms with van der Waals surface area (Å²) in [6, 6.07) is 2.12. The van der Waals surface area contributed by atoms with Gasteiger partial charge in [-0.2, -0.15) is 0 Å². The number of likely N-dealkylation sites (tertiary alicyclic amines) is 1. The first-order chi connectivity index (χ1) is 8.81. The Morgan fingerprint density at radius 1 is 1.50 bits per heavy atom. The molecule has 4 heteroatoms. The van der Waals surface area contributed by atoms with Gasteiger partial charge in [0, 0.05) is 42.6 Å². The number of rotatable bonds is 3. The van der Waals surface area contributed by atoms with Crippen LogP contribution in [0.3, 0.4) is 0 Å². The summed E-state index contributed by atoms with van der Waals surface area (Å²) in [5.74, 6) is 5.62. The van der Waals surface area contributed by atoms with E-state index in [-0.39, 0.29) is 6.61 Å². The van der Waals surface area contributed by atoms with Crippen LogP contribution in [0.2, 0.25) is 0 Å². The molecule has 1 aliphatic heterocycles. The normalized spacial score (nSPS) is 17.4. The fraction of sp³-hybridized carbons (Fsp3) is 0.571. The van der Waals surface area contributed by atoms with Gasteiger partial charge in [0.1, 0.15) is 6.61 Å². The van der Waals surface area contributed by atoms with Crippen molar-refractivity contribution in [3.8, 4) is 11.8 Å². The molecule has 1 aromatic rings. The lowest BCUT2D eigenvalue weighted by atomic mass is 10.1. The van der Waals surface area contributed by atoms with Gasteiger partial charge in [0.05, 0.1) is 6.10 Å². The molecule has 98 valence electrons. The number of aliphatic hydroxyl groups excluding tert-OH is 1. The average molecular weight is 265 g/mol. The number of nitrogens with zero attached hydrogens (tertiary/aromatic N) is 1. The molecule has 0 aromatic carbocycles. The smallest absolute Gasteiger partial charge is 0.104 e. The highest BCUT2D eigenvalue weighted by Crippen LogP contribution is 2.19. The molecule has 0 bridgehead atoms. The SMILES string of the molecule is COC1CCN(Cc2cc(C#CCO)cs2)CC1. The lowest BCUT2D eigenvalue weighted by Gasteiger charge is -2.30. The lowest BCUT2D eigenvalue weighted by Crippen LogP contribution is -2.35. The standard InChI is InChI=1S/C14H19NO2S/c1-17-13-4-6-15(7-5-13)10-14-9-12(11-18-14)3-2-8-16/h9,11,13,16H,4-8,10H2,1H3. The van der Waals surface area contributed by atoms with E-state index in [9.17, 15) is 0 Å². The number of ether oxygens (including phenoxy) is 1. The van der Waals surface area contributed by atoms with Gasteiger partial charge in [0.15, 0.2) is 0 Å². The first-order valence-electron chi connectivity index (χ1n) is 6.24.